The molecule has 1 aromatic heterocycles. The highest BCUT2D eigenvalue weighted by atomic mass is 32.1. The largest absolute Gasteiger partial charge is 0.371 e. The number of carbonyl (C=O) groups is 2. The second-order valence-corrected chi connectivity index (χ2v) is 6.87. The van der Waals surface area contributed by atoms with E-state index < -0.39 is 5.91 Å². The average Bonchev–Trinajstić information content (AvgIpc) is 3.11. The predicted molar refractivity (Wildman–Crippen MR) is 99.0 cm³/mol. The quantitative estimate of drug-likeness (QED) is 0.755. The molecule has 2 amide bonds. The Bertz CT molecular complexity index is 783. The zero-order valence-corrected chi connectivity index (χ0v) is 14.6. The standard InChI is InChI=1S/C17H21N5O2S/c18-9-15-21-13(10-25-15)17(24)20-11-4-5-12(16(19)23)14(8-11)22-6-2-1-3-7-22/h4-5,8,10H,1-3,6-7,9,18H2,(H2,19,23)(H,20,24). The van der Waals surface area contributed by atoms with Gasteiger partial charge in [0.2, 0.25) is 0 Å². The first-order chi connectivity index (χ1) is 12.1. The number of nitrogens with zero attached hydrogens (tertiary/aromatic N) is 2. The molecule has 2 aromatic rings. The lowest BCUT2D eigenvalue weighted by Gasteiger charge is -2.30. The Hall–Kier alpha value is -2.45. The average molecular weight is 359 g/mol. The van der Waals surface area contributed by atoms with Crippen molar-refractivity contribution in [2.75, 3.05) is 23.3 Å². The Morgan fingerprint density at radius 2 is 2.00 bits per heavy atom. The Morgan fingerprint density at radius 1 is 1.24 bits per heavy atom. The number of nitrogens with one attached hydrogen (secondary N) is 1. The molecule has 0 spiro atoms. The molecule has 2 heterocycles. The second-order valence-electron chi connectivity index (χ2n) is 5.93. The van der Waals surface area contributed by atoms with Crippen molar-refractivity contribution in [3.8, 4) is 0 Å². The van der Waals surface area contributed by atoms with Crippen molar-refractivity contribution in [3.05, 3.63) is 39.8 Å². The van der Waals surface area contributed by atoms with Crippen LogP contribution in [-0.2, 0) is 6.54 Å². The number of benzene rings is 1. The third kappa shape index (κ3) is 3.97. The third-order valence-corrected chi connectivity index (χ3v) is 5.05. The van der Waals surface area contributed by atoms with E-state index in [-0.39, 0.29) is 5.91 Å². The predicted octanol–water partition coefficient (Wildman–Crippen LogP) is 1.94. The molecule has 1 aromatic carbocycles. The number of aromatic nitrogens is 1. The molecule has 1 aliphatic rings. The Kier molecular flexibility index (Phi) is 5.30. The van der Waals surface area contributed by atoms with E-state index in [0.717, 1.165) is 31.6 Å². The van der Waals surface area contributed by atoms with Crippen molar-refractivity contribution in [1.29, 1.82) is 0 Å². The van der Waals surface area contributed by atoms with Gasteiger partial charge in [0.15, 0.2) is 0 Å². The first-order valence-corrected chi connectivity index (χ1v) is 9.11. The van der Waals surface area contributed by atoms with Gasteiger partial charge in [-0.05, 0) is 37.5 Å². The molecule has 0 saturated carbocycles. The third-order valence-electron chi connectivity index (χ3n) is 4.18. The van der Waals surface area contributed by atoms with Gasteiger partial charge in [0, 0.05) is 30.7 Å². The van der Waals surface area contributed by atoms with Crippen LogP contribution in [0.2, 0.25) is 0 Å². The lowest BCUT2D eigenvalue weighted by Crippen LogP contribution is -2.31. The van der Waals surface area contributed by atoms with Crippen LogP contribution in [0.5, 0.6) is 0 Å². The van der Waals surface area contributed by atoms with Crippen LogP contribution in [0.25, 0.3) is 0 Å². The zero-order chi connectivity index (χ0) is 17.8. The number of amides is 2. The molecule has 0 radical (unpaired) electrons. The van der Waals surface area contributed by atoms with E-state index in [0.29, 0.717) is 28.5 Å². The molecule has 1 fully saturated rings. The van der Waals surface area contributed by atoms with Gasteiger partial charge in [-0.3, -0.25) is 9.59 Å². The lowest BCUT2D eigenvalue weighted by molar-refractivity contribution is 0.0998. The topological polar surface area (TPSA) is 114 Å². The molecule has 0 bridgehead atoms. The maximum atomic E-state index is 12.3. The minimum absolute atomic E-state index is 0.299. The second kappa shape index (κ2) is 7.62. The summed E-state index contributed by atoms with van der Waals surface area (Å²) in [5, 5.41) is 5.22. The molecule has 0 atom stereocenters. The van der Waals surface area contributed by atoms with Crippen molar-refractivity contribution < 1.29 is 9.59 Å². The number of carbonyl (C=O) groups excluding carboxylic acids is 2. The molecule has 1 aliphatic heterocycles. The van der Waals surface area contributed by atoms with E-state index in [1.165, 1.54) is 17.8 Å². The van der Waals surface area contributed by atoms with Crippen LogP contribution in [0.15, 0.2) is 23.6 Å². The number of hydrogen-bond acceptors (Lipinski definition) is 6. The minimum atomic E-state index is -0.467. The maximum Gasteiger partial charge on any atom is 0.275 e. The van der Waals surface area contributed by atoms with Gasteiger partial charge in [-0.25, -0.2) is 4.98 Å². The first kappa shape index (κ1) is 17.4. The molecule has 7 nitrogen and oxygen atoms in total. The van der Waals surface area contributed by atoms with Crippen LogP contribution < -0.4 is 21.7 Å². The number of piperidine rings is 1. The van der Waals surface area contributed by atoms with Crippen molar-refractivity contribution in [3.63, 3.8) is 0 Å². The molecule has 3 rings (SSSR count). The fraction of sp³-hybridized carbons (Fsp3) is 0.353. The summed E-state index contributed by atoms with van der Waals surface area (Å²) in [5.41, 5.74) is 13.2. The number of nitrogens with two attached hydrogens (primary N) is 2. The molecule has 0 unspecified atom stereocenters. The van der Waals surface area contributed by atoms with Gasteiger partial charge in [-0.2, -0.15) is 0 Å². The van der Waals surface area contributed by atoms with Crippen molar-refractivity contribution in [2.24, 2.45) is 11.5 Å². The fourth-order valence-electron chi connectivity index (χ4n) is 2.92. The number of hydrogen-bond donors (Lipinski definition) is 3. The van der Waals surface area contributed by atoms with Gasteiger partial charge in [-0.1, -0.05) is 0 Å². The van der Waals surface area contributed by atoms with E-state index in [2.05, 4.69) is 15.2 Å². The van der Waals surface area contributed by atoms with E-state index in [9.17, 15) is 9.59 Å². The summed E-state index contributed by atoms with van der Waals surface area (Å²) in [6, 6.07) is 5.15. The molecule has 1 saturated heterocycles. The van der Waals surface area contributed by atoms with Crippen molar-refractivity contribution in [1.82, 2.24) is 4.98 Å². The van der Waals surface area contributed by atoms with Gasteiger partial charge in [-0.15, -0.1) is 11.3 Å². The van der Waals surface area contributed by atoms with Crippen LogP contribution in [0.4, 0.5) is 11.4 Å². The molecule has 0 aliphatic carbocycles. The normalized spacial score (nSPS) is 14.4. The Morgan fingerprint density at radius 3 is 2.64 bits per heavy atom. The van der Waals surface area contributed by atoms with Gasteiger partial charge in [0.25, 0.3) is 11.8 Å². The van der Waals surface area contributed by atoms with Gasteiger partial charge >= 0.3 is 0 Å². The van der Waals surface area contributed by atoms with Gasteiger partial charge in [0.1, 0.15) is 10.7 Å². The summed E-state index contributed by atoms with van der Waals surface area (Å²) < 4.78 is 0. The maximum absolute atomic E-state index is 12.3. The summed E-state index contributed by atoms with van der Waals surface area (Å²) in [5.74, 6) is -0.766. The van der Waals surface area contributed by atoms with Crippen molar-refractivity contribution in [2.45, 2.75) is 25.8 Å². The zero-order valence-electron chi connectivity index (χ0n) is 13.8. The van der Waals surface area contributed by atoms with E-state index >= 15 is 0 Å². The van der Waals surface area contributed by atoms with Crippen LogP contribution in [0, 0.1) is 0 Å². The smallest absolute Gasteiger partial charge is 0.275 e. The SMILES string of the molecule is NCc1nc(C(=O)Nc2ccc(C(N)=O)c(N3CCCCC3)c2)cs1. The summed E-state index contributed by atoms with van der Waals surface area (Å²) in [6.07, 6.45) is 3.34. The van der Waals surface area contributed by atoms with Crippen LogP contribution in [-0.4, -0.2) is 29.9 Å². The highest BCUT2D eigenvalue weighted by molar-refractivity contribution is 7.09. The van der Waals surface area contributed by atoms with E-state index in [1.807, 2.05) is 0 Å². The first-order valence-electron chi connectivity index (χ1n) is 8.23. The number of thiazole rings is 1. The molecular weight excluding hydrogens is 338 g/mol. The van der Waals surface area contributed by atoms with Crippen LogP contribution >= 0.6 is 11.3 Å². The van der Waals surface area contributed by atoms with Crippen LogP contribution in [0.3, 0.4) is 0 Å². The number of anilines is 2. The highest BCUT2D eigenvalue weighted by Gasteiger charge is 2.19. The molecule has 5 N–H and O–H groups in total. The summed E-state index contributed by atoms with van der Waals surface area (Å²) in [7, 11) is 0. The summed E-state index contributed by atoms with van der Waals surface area (Å²) in [4.78, 5) is 30.4. The summed E-state index contributed by atoms with van der Waals surface area (Å²) >= 11 is 1.35. The van der Waals surface area contributed by atoms with E-state index in [4.69, 9.17) is 11.5 Å². The van der Waals surface area contributed by atoms with Gasteiger partial charge in [0.05, 0.1) is 11.3 Å². The Labute approximate surface area is 150 Å². The molecular formula is C17H21N5O2S. The molecule has 8 heteroatoms. The fourth-order valence-corrected chi connectivity index (χ4v) is 3.57. The van der Waals surface area contributed by atoms with E-state index in [1.54, 1.807) is 23.6 Å². The molecule has 25 heavy (non-hydrogen) atoms. The lowest BCUT2D eigenvalue weighted by atomic mass is 10.1. The monoisotopic (exact) mass is 359 g/mol. The van der Waals surface area contributed by atoms with Gasteiger partial charge < -0.3 is 21.7 Å². The highest BCUT2D eigenvalue weighted by Crippen LogP contribution is 2.28. The number of primary amides is 1. The number of rotatable bonds is 5. The minimum Gasteiger partial charge on any atom is -0.371 e. The summed E-state index contributed by atoms with van der Waals surface area (Å²) in [6.45, 7) is 2.07. The van der Waals surface area contributed by atoms with Crippen LogP contribution in [0.1, 0.15) is 45.1 Å². The Balaban J connectivity index is 1.83. The van der Waals surface area contributed by atoms with Crippen molar-refractivity contribution >= 4 is 34.5 Å². The molecule has 132 valence electrons.